The molecule has 8 heteroatoms. The van der Waals surface area contributed by atoms with Crippen molar-refractivity contribution in [1.82, 2.24) is 14.9 Å². The molecule has 1 heterocycles. The number of carbonyl (C=O) groups is 1. The van der Waals surface area contributed by atoms with Gasteiger partial charge < -0.3 is 15.6 Å². The number of nitrogens with one attached hydrogen (secondary N) is 1. The van der Waals surface area contributed by atoms with Gasteiger partial charge in [-0.05, 0) is 30.2 Å². The van der Waals surface area contributed by atoms with E-state index in [9.17, 15) is 9.18 Å². The van der Waals surface area contributed by atoms with Crippen LogP contribution in [0.25, 0.3) is 11.0 Å². The van der Waals surface area contributed by atoms with Crippen molar-refractivity contribution in [3.8, 4) is 0 Å². The normalized spacial score (nSPS) is 10.1. The zero-order chi connectivity index (χ0) is 17.8. The number of rotatable bonds is 6. The molecule has 0 bridgehead atoms. The second kappa shape index (κ2) is 10.1. The molecule has 3 N–H and O–H groups in total. The number of carbonyl (C=O) groups excluding carboxylic acids is 1. The largest absolute Gasteiger partial charge is 0.399 e. The first-order valence-corrected chi connectivity index (χ1v) is 8.26. The van der Waals surface area contributed by atoms with Crippen LogP contribution in [0.3, 0.4) is 0 Å². The summed E-state index contributed by atoms with van der Waals surface area (Å²) in [6.45, 7) is 0.460. The number of hydrogen-bond acceptors (Lipinski definition) is 3. The van der Waals surface area contributed by atoms with Gasteiger partial charge in [0.15, 0.2) is 5.82 Å². The minimum Gasteiger partial charge on any atom is -0.399 e. The lowest BCUT2D eigenvalue weighted by Crippen LogP contribution is -2.26. The van der Waals surface area contributed by atoms with E-state index in [1.165, 1.54) is 6.07 Å². The molecule has 0 atom stereocenters. The lowest BCUT2D eigenvalue weighted by atomic mass is 10.1. The molecule has 0 aliphatic heterocycles. The molecular weight excluding hydrogens is 390 g/mol. The number of nitrogen functional groups attached to an aromatic ring is 1. The van der Waals surface area contributed by atoms with E-state index in [4.69, 9.17) is 5.73 Å². The van der Waals surface area contributed by atoms with E-state index in [-0.39, 0.29) is 36.5 Å². The summed E-state index contributed by atoms with van der Waals surface area (Å²) >= 11 is 0. The van der Waals surface area contributed by atoms with Crippen LogP contribution in [0.1, 0.15) is 17.8 Å². The number of anilines is 1. The van der Waals surface area contributed by atoms with E-state index in [2.05, 4.69) is 10.3 Å². The molecule has 0 unspecified atom stereocenters. The fourth-order valence-electron chi connectivity index (χ4n) is 2.86. The topological polar surface area (TPSA) is 72.9 Å². The van der Waals surface area contributed by atoms with Crippen molar-refractivity contribution in [3.05, 3.63) is 59.7 Å². The number of nitrogens with two attached hydrogens (primary N) is 1. The van der Waals surface area contributed by atoms with Gasteiger partial charge >= 0.3 is 0 Å². The van der Waals surface area contributed by atoms with E-state index in [0.29, 0.717) is 37.0 Å². The highest BCUT2D eigenvalue weighted by Gasteiger charge is 2.11. The van der Waals surface area contributed by atoms with Gasteiger partial charge in [0.1, 0.15) is 11.3 Å². The predicted molar refractivity (Wildman–Crippen MR) is 111 cm³/mol. The third kappa shape index (κ3) is 5.34. The quantitative estimate of drug-likeness (QED) is 0.609. The highest BCUT2D eigenvalue weighted by molar-refractivity contribution is 5.85. The number of fused-ring (bicyclic) bond motifs is 1. The Morgan fingerprint density at radius 1 is 1.15 bits per heavy atom. The number of benzene rings is 2. The third-order valence-corrected chi connectivity index (χ3v) is 4.30. The SMILES string of the molecule is Cl.Cl.Cn1c(CCNC(=O)CCc2ccccc2N)nc2c(F)cccc21. The highest BCUT2D eigenvalue weighted by Crippen LogP contribution is 2.18. The monoisotopic (exact) mass is 412 g/mol. The minimum atomic E-state index is -0.330. The number of imidazole rings is 1. The van der Waals surface area contributed by atoms with Crippen LogP contribution in [0.4, 0.5) is 10.1 Å². The zero-order valence-corrected chi connectivity index (χ0v) is 16.6. The summed E-state index contributed by atoms with van der Waals surface area (Å²) in [5, 5.41) is 2.88. The molecule has 0 saturated carbocycles. The molecule has 3 rings (SSSR count). The maximum absolute atomic E-state index is 13.8. The molecule has 3 aromatic rings. The first-order valence-electron chi connectivity index (χ1n) is 8.26. The molecule has 1 amide bonds. The van der Waals surface area contributed by atoms with Gasteiger partial charge in [0, 0.05) is 32.1 Å². The molecule has 146 valence electrons. The Hall–Kier alpha value is -2.31. The van der Waals surface area contributed by atoms with Crippen LogP contribution in [0.15, 0.2) is 42.5 Å². The van der Waals surface area contributed by atoms with Gasteiger partial charge in [0.05, 0.1) is 5.52 Å². The second-order valence-corrected chi connectivity index (χ2v) is 5.99. The number of aryl methyl sites for hydroxylation is 2. The van der Waals surface area contributed by atoms with Crippen molar-refractivity contribution in [3.63, 3.8) is 0 Å². The van der Waals surface area contributed by atoms with E-state index in [1.807, 2.05) is 41.9 Å². The second-order valence-electron chi connectivity index (χ2n) is 5.99. The van der Waals surface area contributed by atoms with Crippen molar-refractivity contribution in [2.24, 2.45) is 7.05 Å². The first kappa shape index (κ1) is 22.7. The summed E-state index contributed by atoms with van der Waals surface area (Å²) in [5.41, 5.74) is 8.67. The van der Waals surface area contributed by atoms with Crippen LogP contribution in [-0.2, 0) is 24.7 Å². The van der Waals surface area contributed by atoms with Gasteiger partial charge in [-0.3, -0.25) is 4.79 Å². The first-order chi connectivity index (χ1) is 12.1. The smallest absolute Gasteiger partial charge is 0.220 e. The number of halogens is 3. The number of nitrogens with zero attached hydrogens (tertiary/aromatic N) is 2. The van der Waals surface area contributed by atoms with Crippen molar-refractivity contribution >= 4 is 47.4 Å². The molecule has 1 aromatic heterocycles. The number of amides is 1. The molecule has 0 spiro atoms. The average molecular weight is 413 g/mol. The highest BCUT2D eigenvalue weighted by atomic mass is 35.5. The van der Waals surface area contributed by atoms with E-state index >= 15 is 0 Å². The van der Waals surface area contributed by atoms with Crippen LogP contribution in [-0.4, -0.2) is 22.0 Å². The predicted octanol–water partition coefficient (Wildman–Crippen LogP) is 3.43. The van der Waals surface area contributed by atoms with Gasteiger partial charge in [-0.1, -0.05) is 24.3 Å². The van der Waals surface area contributed by atoms with Crippen LogP contribution in [0.5, 0.6) is 0 Å². The number of hydrogen-bond donors (Lipinski definition) is 2. The number of aromatic nitrogens is 2. The van der Waals surface area contributed by atoms with E-state index in [0.717, 1.165) is 16.9 Å². The van der Waals surface area contributed by atoms with Crippen molar-refractivity contribution in [2.45, 2.75) is 19.3 Å². The number of para-hydroxylation sites is 2. The van der Waals surface area contributed by atoms with Gasteiger partial charge in [0.25, 0.3) is 0 Å². The fourth-order valence-corrected chi connectivity index (χ4v) is 2.86. The summed E-state index contributed by atoms with van der Waals surface area (Å²) in [6.07, 6.45) is 1.53. The Kier molecular flexibility index (Phi) is 8.53. The molecular formula is C19H23Cl2FN4O. The fraction of sp³-hybridized carbons (Fsp3) is 0.263. The third-order valence-electron chi connectivity index (χ3n) is 4.30. The Morgan fingerprint density at radius 3 is 2.59 bits per heavy atom. The minimum absolute atomic E-state index is 0. The van der Waals surface area contributed by atoms with Crippen LogP contribution >= 0.6 is 24.8 Å². The van der Waals surface area contributed by atoms with Crippen molar-refractivity contribution < 1.29 is 9.18 Å². The molecule has 0 aliphatic carbocycles. The Morgan fingerprint density at radius 2 is 1.89 bits per heavy atom. The summed E-state index contributed by atoms with van der Waals surface area (Å²) in [4.78, 5) is 16.3. The van der Waals surface area contributed by atoms with Crippen molar-refractivity contribution in [2.75, 3.05) is 12.3 Å². The van der Waals surface area contributed by atoms with Gasteiger partial charge in [0.2, 0.25) is 5.91 Å². The lowest BCUT2D eigenvalue weighted by Gasteiger charge is -2.07. The van der Waals surface area contributed by atoms with E-state index < -0.39 is 0 Å². The Bertz CT molecular complexity index is 914. The summed E-state index contributed by atoms with van der Waals surface area (Å²) in [6, 6.07) is 12.4. The van der Waals surface area contributed by atoms with Gasteiger partial charge in [-0.25, -0.2) is 9.37 Å². The van der Waals surface area contributed by atoms with Crippen molar-refractivity contribution in [1.29, 1.82) is 0 Å². The standard InChI is InChI=1S/C19H21FN4O.2ClH/c1-24-16-8-4-6-14(20)19(16)23-17(24)11-12-22-18(25)10-9-13-5-2-3-7-15(13)21;;/h2-8H,9-12,21H2,1H3,(H,22,25);2*1H. The summed E-state index contributed by atoms with van der Waals surface area (Å²) in [5.74, 6) is 0.379. The molecule has 0 radical (unpaired) electrons. The molecule has 0 fully saturated rings. The maximum atomic E-state index is 13.8. The zero-order valence-electron chi connectivity index (χ0n) is 14.9. The molecule has 27 heavy (non-hydrogen) atoms. The van der Waals surface area contributed by atoms with Crippen LogP contribution in [0.2, 0.25) is 0 Å². The molecule has 5 nitrogen and oxygen atoms in total. The van der Waals surface area contributed by atoms with E-state index in [1.54, 1.807) is 6.07 Å². The van der Waals surface area contributed by atoms with Gasteiger partial charge in [-0.2, -0.15) is 0 Å². The van der Waals surface area contributed by atoms with Crippen LogP contribution < -0.4 is 11.1 Å². The van der Waals surface area contributed by atoms with Gasteiger partial charge in [-0.15, -0.1) is 24.8 Å². The Labute approximate surface area is 170 Å². The maximum Gasteiger partial charge on any atom is 0.220 e. The summed E-state index contributed by atoms with van der Waals surface area (Å²) < 4.78 is 15.6. The van der Waals surface area contributed by atoms with Crippen LogP contribution in [0, 0.1) is 5.82 Å². The summed E-state index contributed by atoms with van der Waals surface area (Å²) in [7, 11) is 1.85. The molecule has 0 saturated heterocycles. The molecule has 0 aliphatic rings. The average Bonchev–Trinajstić information content (AvgIpc) is 2.92. The molecule has 2 aromatic carbocycles. The lowest BCUT2D eigenvalue weighted by molar-refractivity contribution is -0.121. The Balaban J connectivity index is 0.00000182.